The molecule has 2 N–H and O–H groups in total. The standard InChI is InChI=1S/C13H18N2O4/c1-19-12-7-10(6-11(8-12)15(17)18)14-9-13(16)4-2-3-5-13/h6-8,14,16H,2-5,9H2,1H3. The zero-order valence-corrected chi connectivity index (χ0v) is 10.9. The molecule has 0 aliphatic heterocycles. The van der Waals surface area contributed by atoms with Gasteiger partial charge in [0.2, 0.25) is 0 Å². The van der Waals surface area contributed by atoms with Crippen LogP contribution in [0.5, 0.6) is 5.75 Å². The first-order chi connectivity index (χ1) is 9.02. The Hall–Kier alpha value is -1.82. The first-order valence-corrected chi connectivity index (χ1v) is 6.32. The van der Waals surface area contributed by atoms with Gasteiger partial charge >= 0.3 is 0 Å². The predicted octanol–water partition coefficient (Wildman–Crippen LogP) is 2.32. The minimum absolute atomic E-state index is 0.0275. The summed E-state index contributed by atoms with van der Waals surface area (Å²) in [5.74, 6) is 0.426. The van der Waals surface area contributed by atoms with Crippen molar-refractivity contribution < 1.29 is 14.8 Å². The monoisotopic (exact) mass is 266 g/mol. The molecule has 0 unspecified atom stereocenters. The normalized spacial score (nSPS) is 17.2. The van der Waals surface area contributed by atoms with Crippen LogP contribution in [0.1, 0.15) is 25.7 Å². The van der Waals surface area contributed by atoms with E-state index in [2.05, 4.69) is 5.32 Å². The van der Waals surface area contributed by atoms with Gasteiger partial charge < -0.3 is 15.2 Å². The van der Waals surface area contributed by atoms with E-state index in [9.17, 15) is 15.2 Å². The van der Waals surface area contributed by atoms with Crippen molar-refractivity contribution in [1.29, 1.82) is 0 Å². The second-order valence-corrected chi connectivity index (χ2v) is 4.96. The largest absolute Gasteiger partial charge is 0.496 e. The summed E-state index contributed by atoms with van der Waals surface area (Å²) in [6.07, 6.45) is 3.59. The summed E-state index contributed by atoms with van der Waals surface area (Å²) in [6, 6.07) is 4.50. The van der Waals surface area contributed by atoms with Gasteiger partial charge in [-0.15, -0.1) is 0 Å². The van der Waals surface area contributed by atoms with Gasteiger partial charge in [-0.3, -0.25) is 10.1 Å². The summed E-state index contributed by atoms with van der Waals surface area (Å²) in [6.45, 7) is 0.400. The maximum atomic E-state index is 10.8. The number of aliphatic hydroxyl groups is 1. The number of nitro groups is 1. The zero-order valence-electron chi connectivity index (χ0n) is 10.9. The Bertz CT molecular complexity index is 470. The molecule has 1 aromatic rings. The summed E-state index contributed by atoms with van der Waals surface area (Å²) in [5.41, 5.74) is -0.135. The summed E-state index contributed by atoms with van der Waals surface area (Å²) in [4.78, 5) is 10.4. The van der Waals surface area contributed by atoms with Gasteiger partial charge in [-0.2, -0.15) is 0 Å². The molecule has 1 fully saturated rings. The molecule has 0 bridgehead atoms. The molecule has 2 rings (SSSR count). The van der Waals surface area contributed by atoms with Gasteiger partial charge in [-0.1, -0.05) is 12.8 Å². The van der Waals surface area contributed by atoms with E-state index in [1.807, 2.05) is 0 Å². The number of methoxy groups -OCH3 is 1. The molecule has 104 valence electrons. The van der Waals surface area contributed by atoms with Gasteiger partial charge in [0.25, 0.3) is 5.69 Å². The van der Waals surface area contributed by atoms with E-state index in [0.717, 1.165) is 25.7 Å². The second kappa shape index (κ2) is 5.44. The Morgan fingerprint density at radius 3 is 2.68 bits per heavy atom. The average molecular weight is 266 g/mol. The number of anilines is 1. The lowest BCUT2D eigenvalue weighted by molar-refractivity contribution is -0.384. The molecule has 0 heterocycles. The number of nitrogens with zero attached hydrogens (tertiary/aromatic N) is 1. The summed E-state index contributed by atoms with van der Waals surface area (Å²) >= 11 is 0. The molecular weight excluding hydrogens is 248 g/mol. The van der Waals surface area contributed by atoms with Crippen LogP contribution < -0.4 is 10.1 Å². The molecule has 0 aromatic heterocycles. The Morgan fingerprint density at radius 1 is 1.42 bits per heavy atom. The maximum absolute atomic E-state index is 10.8. The molecular formula is C13H18N2O4. The highest BCUT2D eigenvalue weighted by molar-refractivity contribution is 5.56. The molecule has 6 heteroatoms. The Balaban J connectivity index is 2.10. The number of rotatable bonds is 5. The molecule has 0 radical (unpaired) electrons. The summed E-state index contributed by atoms with van der Waals surface area (Å²) in [7, 11) is 1.47. The van der Waals surface area contributed by atoms with Gasteiger partial charge in [0.15, 0.2) is 0 Å². The lowest BCUT2D eigenvalue weighted by Crippen LogP contribution is -2.33. The minimum atomic E-state index is -0.697. The lowest BCUT2D eigenvalue weighted by atomic mass is 10.0. The molecule has 1 aliphatic carbocycles. The number of hydrogen-bond donors (Lipinski definition) is 2. The number of nitro benzene ring substituents is 1. The molecule has 0 spiro atoms. The third kappa shape index (κ3) is 3.35. The maximum Gasteiger partial charge on any atom is 0.275 e. The third-order valence-corrected chi connectivity index (χ3v) is 3.49. The molecule has 1 aromatic carbocycles. The van der Waals surface area contributed by atoms with Crippen LogP contribution in [0, 0.1) is 10.1 Å². The SMILES string of the molecule is COc1cc(NCC2(O)CCCC2)cc([N+](=O)[O-])c1. The fourth-order valence-electron chi connectivity index (χ4n) is 2.39. The van der Waals surface area contributed by atoms with Crippen LogP contribution in [0.3, 0.4) is 0 Å². The van der Waals surface area contributed by atoms with Gasteiger partial charge in [0.05, 0.1) is 23.7 Å². The van der Waals surface area contributed by atoms with Crippen molar-refractivity contribution in [3.05, 3.63) is 28.3 Å². The lowest BCUT2D eigenvalue weighted by Gasteiger charge is -2.23. The number of non-ortho nitro benzene ring substituents is 1. The van der Waals surface area contributed by atoms with Crippen molar-refractivity contribution in [2.45, 2.75) is 31.3 Å². The van der Waals surface area contributed by atoms with Gasteiger partial charge in [-0.05, 0) is 12.8 Å². The average Bonchev–Trinajstić information content (AvgIpc) is 2.83. The third-order valence-electron chi connectivity index (χ3n) is 3.49. The van der Waals surface area contributed by atoms with Crippen molar-refractivity contribution >= 4 is 11.4 Å². The van der Waals surface area contributed by atoms with Crippen LogP contribution in [0.4, 0.5) is 11.4 Å². The first-order valence-electron chi connectivity index (χ1n) is 6.32. The highest BCUT2D eigenvalue weighted by atomic mass is 16.6. The van der Waals surface area contributed by atoms with Gasteiger partial charge in [-0.25, -0.2) is 0 Å². The Morgan fingerprint density at radius 2 is 2.11 bits per heavy atom. The molecule has 1 saturated carbocycles. The smallest absolute Gasteiger partial charge is 0.275 e. The van der Waals surface area contributed by atoms with Crippen LogP contribution >= 0.6 is 0 Å². The van der Waals surface area contributed by atoms with E-state index in [-0.39, 0.29) is 5.69 Å². The molecule has 0 saturated heterocycles. The quantitative estimate of drug-likeness (QED) is 0.631. The minimum Gasteiger partial charge on any atom is -0.496 e. The van der Waals surface area contributed by atoms with Crippen molar-refractivity contribution in [1.82, 2.24) is 0 Å². The van der Waals surface area contributed by atoms with E-state index in [1.54, 1.807) is 6.07 Å². The van der Waals surface area contributed by atoms with Crippen molar-refractivity contribution in [3.8, 4) is 5.75 Å². The van der Waals surface area contributed by atoms with Crippen molar-refractivity contribution in [2.75, 3.05) is 19.0 Å². The highest BCUT2D eigenvalue weighted by Crippen LogP contribution is 2.31. The van der Waals surface area contributed by atoms with Crippen LogP contribution in [-0.4, -0.2) is 29.3 Å². The fraction of sp³-hybridized carbons (Fsp3) is 0.538. The van der Waals surface area contributed by atoms with Crippen molar-refractivity contribution in [3.63, 3.8) is 0 Å². The number of benzene rings is 1. The zero-order chi connectivity index (χ0) is 13.9. The number of ether oxygens (including phenoxy) is 1. The summed E-state index contributed by atoms with van der Waals surface area (Å²) < 4.78 is 5.04. The second-order valence-electron chi connectivity index (χ2n) is 4.96. The van der Waals surface area contributed by atoms with Gasteiger partial charge in [0, 0.05) is 24.4 Å². The van der Waals surface area contributed by atoms with E-state index < -0.39 is 10.5 Å². The summed E-state index contributed by atoms with van der Waals surface area (Å²) in [5, 5.41) is 24.1. The Labute approximate surface area is 111 Å². The molecule has 0 atom stereocenters. The van der Waals surface area contributed by atoms with Crippen molar-refractivity contribution in [2.24, 2.45) is 0 Å². The van der Waals surface area contributed by atoms with Crippen LogP contribution in [-0.2, 0) is 0 Å². The highest BCUT2D eigenvalue weighted by Gasteiger charge is 2.30. The van der Waals surface area contributed by atoms with Crippen LogP contribution in [0.2, 0.25) is 0 Å². The van der Waals surface area contributed by atoms with Crippen LogP contribution in [0.15, 0.2) is 18.2 Å². The number of hydrogen-bond acceptors (Lipinski definition) is 5. The van der Waals surface area contributed by atoms with E-state index in [0.29, 0.717) is 18.0 Å². The van der Waals surface area contributed by atoms with Crippen LogP contribution in [0.25, 0.3) is 0 Å². The van der Waals surface area contributed by atoms with Gasteiger partial charge in [0.1, 0.15) is 5.75 Å². The molecule has 6 nitrogen and oxygen atoms in total. The van der Waals surface area contributed by atoms with E-state index >= 15 is 0 Å². The molecule has 1 aliphatic rings. The molecule has 0 amide bonds. The Kier molecular flexibility index (Phi) is 3.90. The first kappa shape index (κ1) is 13.6. The van der Waals surface area contributed by atoms with E-state index in [1.165, 1.54) is 19.2 Å². The number of nitrogens with one attached hydrogen (secondary N) is 1. The molecule has 19 heavy (non-hydrogen) atoms. The topological polar surface area (TPSA) is 84.6 Å². The fourth-order valence-corrected chi connectivity index (χ4v) is 2.39. The predicted molar refractivity (Wildman–Crippen MR) is 71.6 cm³/mol. The van der Waals surface area contributed by atoms with E-state index in [4.69, 9.17) is 4.74 Å².